The number of benzene rings is 1. The van der Waals surface area contributed by atoms with Gasteiger partial charge in [0.15, 0.2) is 0 Å². The lowest BCUT2D eigenvalue weighted by Gasteiger charge is -2.03. The van der Waals surface area contributed by atoms with Gasteiger partial charge in [-0.05, 0) is 25.1 Å². The fourth-order valence-electron chi connectivity index (χ4n) is 1.47. The summed E-state index contributed by atoms with van der Waals surface area (Å²) in [6.45, 7) is 1.77. The first-order valence-corrected chi connectivity index (χ1v) is 4.60. The molecule has 1 aromatic rings. The minimum absolute atomic E-state index is 0.287. The molecule has 0 aromatic heterocycles. The minimum Gasteiger partial charge on any atom is -0.268 e. The Morgan fingerprint density at radius 2 is 1.67 bits per heavy atom. The minimum atomic E-state index is -0.287. The van der Waals surface area contributed by atoms with Crippen LogP contribution >= 0.6 is 0 Å². The lowest BCUT2D eigenvalue weighted by molar-refractivity contribution is 0.0722. The number of nitrogens with zero attached hydrogens (tertiary/aromatic N) is 1. The van der Waals surface area contributed by atoms with E-state index in [2.05, 4.69) is 5.73 Å². The normalized spacial score (nSPS) is 13.5. The average Bonchev–Trinajstić information content (AvgIpc) is 2.51. The second kappa shape index (κ2) is 3.56. The van der Waals surface area contributed by atoms with Crippen LogP contribution in [0.2, 0.25) is 0 Å². The lowest BCUT2D eigenvalue weighted by atomic mass is 10.1. The quantitative estimate of drug-likeness (QED) is 0.512. The number of hydrogen-bond acceptors (Lipinski definition) is 2. The predicted molar refractivity (Wildman–Crippen MR) is 55.3 cm³/mol. The monoisotopic (exact) mass is 199 g/mol. The second-order valence-corrected chi connectivity index (χ2v) is 3.11. The third-order valence-corrected chi connectivity index (χ3v) is 2.20. The molecule has 3 heteroatoms. The highest BCUT2D eigenvalue weighted by atomic mass is 16.2. The summed E-state index contributed by atoms with van der Waals surface area (Å²) in [5.74, 6) is -0.574. The molecule has 74 valence electrons. The van der Waals surface area contributed by atoms with Crippen molar-refractivity contribution in [1.82, 2.24) is 4.90 Å². The van der Waals surface area contributed by atoms with Gasteiger partial charge in [-0.3, -0.25) is 9.59 Å². The number of rotatable bonds is 1. The molecule has 0 N–H and O–H groups in total. The van der Waals surface area contributed by atoms with Gasteiger partial charge >= 0.3 is 0 Å². The van der Waals surface area contributed by atoms with E-state index in [4.69, 9.17) is 0 Å². The molecule has 0 atom stereocenters. The highest BCUT2D eigenvalue weighted by Crippen LogP contribution is 2.22. The standard InChI is InChI=1S/C12H9NO2/c1-2-3-8-13-11(14)9-6-4-5-7-10(9)12(13)15/h2,4-8H,1H3. The van der Waals surface area contributed by atoms with E-state index in [1.165, 1.54) is 6.20 Å². The molecule has 0 bridgehead atoms. The second-order valence-electron chi connectivity index (χ2n) is 3.11. The van der Waals surface area contributed by atoms with Crippen LogP contribution < -0.4 is 0 Å². The molecule has 0 spiro atoms. The molecular weight excluding hydrogens is 190 g/mol. The maximum atomic E-state index is 11.7. The Kier molecular flexibility index (Phi) is 2.24. The van der Waals surface area contributed by atoms with Gasteiger partial charge in [0.05, 0.1) is 17.3 Å². The van der Waals surface area contributed by atoms with Crippen LogP contribution in [0.25, 0.3) is 0 Å². The van der Waals surface area contributed by atoms with Crippen LogP contribution in [-0.2, 0) is 0 Å². The van der Waals surface area contributed by atoms with Crippen LogP contribution in [0.3, 0.4) is 0 Å². The fourth-order valence-corrected chi connectivity index (χ4v) is 1.47. The van der Waals surface area contributed by atoms with Gasteiger partial charge in [0.2, 0.25) is 0 Å². The van der Waals surface area contributed by atoms with Gasteiger partial charge in [0.1, 0.15) is 0 Å². The van der Waals surface area contributed by atoms with Crippen LogP contribution in [0.5, 0.6) is 0 Å². The van der Waals surface area contributed by atoms with Crippen LogP contribution in [-0.4, -0.2) is 16.7 Å². The highest BCUT2D eigenvalue weighted by molar-refractivity contribution is 6.21. The van der Waals surface area contributed by atoms with E-state index in [0.29, 0.717) is 11.1 Å². The van der Waals surface area contributed by atoms with Gasteiger partial charge in [-0.2, -0.15) is 0 Å². The lowest BCUT2D eigenvalue weighted by Crippen LogP contribution is -2.23. The molecule has 0 saturated heterocycles. The maximum absolute atomic E-state index is 11.7. The van der Waals surface area contributed by atoms with Crippen molar-refractivity contribution < 1.29 is 9.59 Å². The number of allylic oxidation sites excluding steroid dienone is 1. The summed E-state index contributed by atoms with van der Waals surface area (Å²) in [7, 11) is 0. The Morgan fingerprint density at radius 3 is 2.13 bits per heavy atom. The van der Waals surface area contributed by atoms with Crippen LogP contribution in [0, 0.1) is 0 Å². The molecule has 0 unspecified atom stereocenters. The molecule has 1 heterocycles. The zero-order chi connectivity index (χ0) is 10.8. The van der Waals surface area contributed by atoms with Gasteiger partial charge in [-0.1, -0.05) is 12.1 Å². The van der Waals surface area contributed by atoms with Crippen molar-refractivity contribution in [3.63, 3.8) is 0 Å². The van der Waals surface area contributed by atoms with Crippen LogP contribution in [0.1, 0.15) is 27.6 Å². The van der Waals surface area contributed by atoms with Crippen molar-refractivity contribution in [3.05, 3.63) is 53.4 Å². The number of amides is 2. The molecule has 2 rings (SSSR count). The van der Waals surface area contributed by atoms with Gasteiger partial charge in [0.25, 0.3) is 11.8 Å². The number of carbonyl (C=O) groups excluding carboxylic acids is 2. The van der Waals surface area contributed by atoms with E-state index in [9.17, 15) is 9.59 Å². The predicted octanol–water partition coefficient (Wildman–Crippen LogP) is 1.97. The van der Waals surface area contributed by atoms with Crippen molar-refractivity contribution in [3.8, 4) is 0 Å². The molecule has 3 nitrogen and oxygen atoms in total. The molecule has 1 aliphatic heterocycles. The first-order valence-electron chi connectivity index (χ1n) is 4.60. The Labute approximate surface area is 87.3 Å². The van der Waals surface area contributed by atoms with Gasteiger partial charge < -0.3 is 0 Å². The summed E-state index contributed by atoms with van der Waals surface area (Å²) in [6, 6.07) is 6.79. The molecule has 1 aliphatic rings. The van der Waals surface area contributed by atoms with Crippen molar-refractivity contribution in [2.75, 3.05) is 0 Å². The summed E-state index contributed by atoms with van der Waals surface area (Å²) < 4.78 is 0. The summed E-state index contributed by atoms with van der Waals surface area (Å²) in [6.07, 6.45) is 3.01. The maximum Gasteiger partial charge on any atom is 0.266 e. The molecule has 0 radical (unpaired) electrons. The summed E-state index contributed by atoms with van der Waals surface area (Å²) in [4.78, 5) is 24.5. The Bertz CT molecular complexity index is 461. The zero-order valence-electron chi connectivity index (χ0n) is 8.23. The van der Waals surface area contributed by atoms with E-state index < -0.39 is 0 Å². The molecular formula is C12H9NO2. The molecule has 15 heavy (non-hydrogen) atoms. The van der Waals surface area contributed by atoms with Crippen LogP contribution in [0.4, 0.5) is 0 Å². The first-order chi connectivity index (χ1) is 7.25. The fraction of sp³-hybridized carbons (Fsp3) is 0.0833. The van der Waals surface area contributed by atoms with E-state index in [-0.39, 0.29) is 11.8 Å². The molecule has 1 aromatic carbocycles. The number of fused-ring (bicyclic) bond motifs is 1. The first kappa shape index (κ1) is 9.44. The van der Waals surface area contributed by atoms with Gasteiger partial charge in [-0.15, -0.1) is 5.73 Å². The molecule has 0 fully saturated rings. The molecule has 2 amide bonds. The summed E-state index contributed by atoms with van der Waals surface area (Å²) in [5.41, 5.74) is 3.63. The number of imide groups is 1. The molecule has 0 aliphatic carbocycles. The largest absolute Gasteiger partial charge is 0.268 e. The highest BCUT2D eigenvalue weighted by Gasteiger charge is 2.33. The van der Waals surface area contributed by atoms with Crippen molar-refractivity contribution in [2.24, 2.45) is 0 Å². The summed E-state index contributed by atoms with van der Waals surface area (Å²) >= 11 is 0. The van der Waals surface area contributed by atoms with E-state index >= 15 is 0 Å². The third-order valence-electron chi connectivity index (χ3n) is 2.20. The van der Waals surface area contributed by atoms with Crippen molar-refractivity contribution in [1.29, 1.82) is 0 Å². The average molecular weight is 199 g/mol. The van der Waals surface area contributed by atoms with Gasteiger partial charge in [0, 0.05) is 0 Å². The van der Waals surface area contributed by atoms with E-state index in [1.54, 1.807) is 37.3 Å². The smallest absolute Gasteiger partial charge is 0.266 e. The number of carbonyl (C=O) groups is 2. The zero-order valence-corrected chi connectivity index (χ0v) is 8.23. The van der Waals surface area contributed by atoms with Crippen molar-refractivity contribution in [2.45, 2.75) is 6.92 Å². The summed E-state index contributed by atoms with van der Waals surface area (Å²) in [5, 5.41) is 0. The third kappa shape index (κ3) is 1.39. The van der Waals surface area contributed by atoms with Gasteiger partial charge in [-0.25, -0.2) is 4.90 Å². The van der Waals surface area contributed by atoms with Crippen molar-refractivity contribution >= 4 is 11.8 Å². The van der Waals surface area contributed by atoms with E-state index in [0.717, 1.165) is 4.90 Å². The Hall–Kier alpha value is -2.12. The Balaban J connectivity index is 2.50. The Morgan fingerprint density at radius 1 is 1.13 bits per heavy atom. The van der Waals surface area contributed by atoms with E-state index in [1.807, 2.05) is 0 Å². The number of hydrogen-bond donors (Lipinski definition) is 0. The van der Waals surface area contributed by atoms with Crippen LogP contribution in [0.15, 0.2) is 42.3 Å². The molecule has 0 saturated carbocycles. The SMILES string of the molecule is CC=C=CN1C(=O)c2ccccc2C1=O. The topological polar surface area (TPSA) is 37.4 Å².